The molecule has 0 spiro atoms. The van der Waals surface area contributed by atoms with Crippen LogP contribution in [0.3, 0.4) is 0 Å². The number of nitrogen functional groups attached to an aromatic ring is 1. The second-order valence-corrected chi connectivity index (χ2v) is 4.50. The summed E-state index contributed by atoms with van der Waals surface area (Å²) >= 11 is 6.08. The molecule has 0 fully saturated rings. The van der Waals surface area contributed by atoms with Crippen molar-refractivity contribution < 1.29 is 4.79 Å². The number of aromatic nitrogens is 2. The SMILES string of the molecule is Cn1ccnc1CNc1c(Cl)cc(N)cc1C(N)=O. The van der Waals surface area contributed by atoms with Gasteiger partial charge in [-0.1, -0.05) is 11.6 Å². The van der Waals surface area contributed by atoms with Crippen molar-refractivity contribution in [2.75, 3.05) is 11.1 Å². The number of carbonyl (C=O) groups excluding carboxylic acids is 1. The van der Waals surface area contributed by atoms with Gasteiger partial charge in [-0.2, -0.15) is 0 Å². The molecule has 0 radical (unpaired) electrons. The highest BCUT2D eigenvalue weighted by Gasteiger charge is 2.13. The summed E-state index contributed by atoms with van der Waals surface area (Å²) < 4.78 is 1.86. The van der Waals surface area contributed by atoms with Crippen molar-refractivity contribution in [1.29, 1.82) is 0 Å². The predicted molar refractivity (Wildman–Crippen MR) is 74.9 cm³/mol. The third-order valence-corrected chi connectivity index (χ3v) is 3.02. The topological polar surface area (TPSA) is 99.0 Å². The summed E-state index contributed by atoms with van der Waals surface area (Å²) in [6.07, 6.45) is 3.52. The molecular formula is C12H14ClN5O. The van der Waals surface area contributed by atoms with Gasteiger partial charge in [-0.15, -0.1) is 0 Å². The van der Waals surface area contributed by atoms with E-state index in [0.717, 1.165) is 5.82 Å². The highest BCUT2D eigenvalue weighted by Crippen LogP contribution is 2.29. The molecule has 5 N–H and O–H groups in total. The Labute approximate surface area is 115 Å². The van der Waals surface area contributed by atoms with E-state index < -0.39 is 5.91 Å². The molecule has 1 amide bonds. The van der Waals surface area contributed by atoms with E-state index in [2.05, 4.69) is 10.3 Å². The zero-order valence-electron chi connectivity index (χ0n) is 10.4. The van der Waals surface area contributed by atoms with E-state index in [1.54, 1.807) is 12.3 Å². The summed E-state index contributed by atoms with van der Waals surface area (Å²) in [7, 11) is 1.88. The maximum Gasteiger partial charge on any atom is 0.250 e. The van der Waals surface area contributed by atoms with Crippen LogP contribution in [0.5, 0.6) is 0 Å². The fraction of sp³-hybridized carbons (Fsp3) is 0.167. The van der Waals surface area contributed by atoms with Crippen LogP contribution in [0, 0.1) is 0 Å². The Balaban J connectivity index is 2.29. The average Bonchev–Trinajstić information content (AvgIpc) is 2.73. The van der Waals surface area contributed by atoms with E-state index in [4.69, 9.17) is 23.1 Å². The van der Waals surface area contributed by atoms with Crippen LogP contribution in [-0.4, -0.2) is 15.5 Å². The van der Waals surface area contributed by atoms with Gasteiger partial charge < -0.3 is 21.4 Å². The maximum atomic E-state index is 11.4. The van der Waals surface area contributed by atoms with Crippen LogP contribution in [0.1, 0.15) is 16.2 Å². The van der Waals surface area contributed by atoms with Gasteiger partial charge in [0.05, 0.1) is 22.8 Å². The number of imidazole rings is 1. The molecule has 7 heteroatoms. The summed E-state index contributed by atoms with van der Waals surface area (Å²) in [5.41, 5.74) is 12.1. The second kappa shape index (κ2) is 5.19. The zero-order valence-corrected chi connectivity index (χ0v) is 11.1. The minimum Gasteiger partial charge on any atom is -0.399 e. The number of nitrogens with two attached hydrogens (primary N) is 2. The Kier molecular flexibility index (Phi) is 3.62. The summed E-state index contributed by atoms with van der Waals surface area (Å²) in [5, 5.41) is 3.41. The minimum absolute atomic E-state index is 0.263. The molecule has 100 valence electrons. The van der Waals surface area contributed by atoms with Crippen LogP contribution in [0.15, 0.2) is 24.5 Å². The molecule has 19 heavy (non-hydrogen) atoms. The lowest BCUT2D eigenvalue weighted by atomic mass is 10.1. The number of aryl methyl sites for hydroxylation is 1. The number of hydrogen-bond donors (Lipinski definition) is 3. The van der Waals surface area contributed by atoms with Crippen LogP contribution < -0.4 is 16.8 Å². The van der Waals surface area contributed by atoms with Crippen LogP contribution in [0.4, 0.5) is 11.4 Å². The summed E-state index contributed by atoms with van der Waals surface area (Å²) in [6, 6.07) is 3.06. The van der Waals surface area contributed by atoms with Crippen molar-refractivity contribution >= 4 is 28.9 Å². The number of benzene rings is 1. The number of anilines is 2. The Morgan fingerprint density at radius 3 is 2.84 bits per heavy atom. The van der Waals surface area contributed by atoms with E-state index in [-0.39, 0.29) is 5.56 Å². The molecule has 1 aromatic heterocycles. The number of rotatable bonds is 4. The van der Waals surface area contributed by atoms with Crippen molar-refractivity contribution in [2.45, 2.75) is 6.54 Å². The largest absolute Gasteiger partial charge is 0.399 e. The van der Waals surface area contributed by atoms with E-state index in [1.807, 2.05) is 17.8 Å². The third-order valence-electron chi connectivity index (χ3n) is 2.72. The molecule has 0 aliphatic rings. The zero-order chi connectivity index (χ0) is 14.0. The van der Waals surface area contributed by atoms with E-state index in [1.165, 1.54) is 6.07 Å². The molecule has 0 aliphatic carbocycles. The third kappa shape index (κ3) is 2.79. The molecule has 2 rings (SSSR count). The molecule has 0 aliphatic heterocycles. The summed E-state index contributed by atoms with van der Waals surface area (Å²) in [6.45, 7) is 0.424. The minimum atomic E-state index is -0.587. The number of nitrogens with one attached hydrogen (secondary N) is 1. The fourth-order valence-corrected chi connectivity index (χ4v) is 2.03. The van der Waals surface area contributed by atoms with Crippen LogP contribution in [0.2, 0.25) is 5.02 Å². The van der Waals surface area contributed by atoms with Gasteiger partial charge in [-0.05, 0) is 12.1 Å². The lowest BCUT2D eigenvalue weighted by Gasteiger charge is -2.13. The average molecular weight is 280 g/mol. The highest BCUT2D eigenvalue weighted by atomic mass is 35.5. The number of primary amides is 1. The maximum absolute atomic E-state index is 11.4. The Morgan fingerprint density at radius 1 is 1.53 bits per heavy atom. The van der Waals surface area contributed by atoms with Crippen molar-refractivity contribution in [1.82, 2.24) is 9.55 Å². The van der Waals surface area contributed by atoms with Crippen LogP contribution in [0.25, 0.3) is 0 Å². The summed E-state index contributed by atoms with van der Waals surface area (Å²) in [5.74, 6) is 0.222. The second-order valence-electron chi connectivity index (χ2n) is 4.10. The Hall–Kier alpha value is -2.21. The first-order valence-electron chi connectivity index (χ1n) is 5.58. The van der Waals surface area contributed by atoms with Crippen LogP contribution >= 0.6 is 11.6 Å². The molecule has 1 heterocycles. The van der Waals surface area contributed by atoms with Gasteiger partial charge in [0.25, 0.3) is 5.91 Å². The molecule has 1 aromatic carbocycles. The van der Waals surface area contributed by atoms with Gasteiger partial charge in [-0.3, -0.25) is 4.79 Å². The van der Waals surface area contributed by atoms with Crippen molar-refractivity contribution in [3.8, 4) is 0 Å². The van der Waals surface area contributed by atoms with Gasteiger partial charge in [0.15, 0.2) is 0 Å². The number of amides is 1. The van der Waals surface area contributed by atoms with Crippen molar-refractivity contribution in [3.05, 3.63) is 40.9 Å². The van der Waals surface area contributed by atoms with Crippen molar-refractivity contribution in [3.63, 3.8) is 0 Å². The molecule has 2 aromatic rings. The molecule has 0 bridgehead atoms. The van der Waals surface area contributed by atoms with Crippen LogP contribution in [-0.2, 0) is 13.6 Å². The number of halogens is 1. The monoisotopic (exact) mass is 279 g/mol. The highest BCUT2D eigenvalue weighted by molar-refractivity contribution is 6.34. The fourth-order valence-electron chi connectivity index (χ4n) is 1.74. The first-order valence-corrected chi connectivity index (χ1v) is 5.95. The smallest absolute Gasteiger partial charge is 0.250 e. The molecule has 0 saturated heterocycles. The lowest BCUT2D eigenvalue weighted by Crippen LogP contribution is -2.16. The standard InChI is InChI=1S/C12H14ClN5O/c1-18-3-2-16-10(18)6-17-11-8(12(15)19)4-7(14)5-9(11)13/h2-5,17H,6,14H2,1H3,(H2,15,19). The molecule has 0 unspecified atom stereocenters. The van der Waals surface area contributed by atoms with Gasteiger partial charge in [0, 0.05) is 25.1 Å². The van der Waals surface area contributed by atoms with E-state index in [9.17, 15) is 4.79 Å². The van der Waals surface area contributed by atoms with Gasteiger partial charge in [0.2, 0.25) is 0 Å². The normalized spacial score (nSPS) is 10.4. The molecule has 0 saturated carbocycles. The van der Waals surface area contributed by atoms with E-state index in [0.29, 0.717) is 22.9 Å². The Morgan fingerprint density at radius 2 is 2.26 bits per heavy atom. The lowest BCUT2D eigenvalue weighted by molar-refractivity contribution is 0.100. The van der Waals surface area contributed by atoms with E-state index >= 15 is 0 Å². The number of nitrogens with zero attached hydrogens (tertiary/aromatic N) is 2. The number of hydrogen-bond acceptors (Lipinski definition) is 4. The number of carbonyl (C=O) groups is 1. The molecule has 0 atom stereocenters. The van der Waals surface area contributed by atoms with Gasteiger partial charge in [0.1, 0.15) is 5.82 Å². The van der Waals surface area contributed by atoms with Gasteiger partial charge in [-0.25, -0.2) is 4.98 Å². The Bertz CT molecular complexity index is 623. The molecular weight excluding hydrogens is 266 g/mol. The molecule has 6 nitrogen and oxygen atoms in total. The first-order chi connectivity index (χ1) is 8.99. The summed E-state index contributed by atoms with van der Waals surface area (Å²) in [4.78, 5) is 15.6. The quantitative estimate of drug-likeness (QED) is 0.736. The van der Waals surface area contributed by atoms with Gasteiger partial charge >= 0.3 is 0 Å². The first kappa shape index (κ1) is 13.2. The van der Waals surface area contributed by atoms with Crippen molar-refractivity contribution in [2.24, 2.45) is 12.8 Å². The predicted octanol–water partition coefficient (Wildman–Crippen LogP) is 1.37.